The molecule has 7 nitrogen and oxygen atoms in total. The maximum atomic E-state index is 12.6. The third-order valence-electron chi connectivity index (χ3n) is 4.21. The summed E-state index contributed by atoms with van der Waals surface area (Å²) >= 11 is 6.12. The summed E-state index contributed by atoms with van der Waals surface area (Å²) in [7, 11) is 0. The average molecular weight is 448 g/mol. The van der Waals surface area contributed by atoms with E-state index in [1.54, 1.807) is 35.2 Å². The van der Waals surface area contributed by atoms with Crippen molar-refractivity contribution < 1.29 is 19.1 Å². The zero-order valence-electron chi connectivity index (χ0n) is 18.4. The van der Waals surface area contributed by atoms with E-state index in [2.05, 4.69) is 10.6 Å². The Hall–Kier alpha value is -2.77. The van der Waals surface area contributed by atoms with Crippen LogP contribution in [0.2, 0.25) is 5.02 Å². The lowest BCUT2D eigenvalue weighted by Crippen LogP contribution is -2.42. The van der Waals surface area contributed by atoms with Crippen molar-refractivity contribution in [1.82, 2.24) is 10.2 Å². The quantitative estimate of drug-likeness (QED) is 0.536. The first-order valence-corrected chi connectivity index (χ1v) is 10.7. The number of ether oxygens (including phenoxy) is 2. The van der Waals surface area contributed by atoms with Gasteiger partial charge in [0.2, 0.25) is 11.8 Å². The van der Waals surface area contributed by atoms with Crippen molar-refractivity contribution in [3.05, 3.63) is 47.5 Å². The zero-order chi connectivity index (χ0) is 22.8. The van der Waals surface area contributed by atoms with E-state index in [-0.39, 0.29) is 30.9 Å². The summed E-state index contributed by atoms with van der Waals surface area (Å²) in [5.41, 5.74) is 0.453. The smallest absolute Gasteiger partial charge is 0.238 e. The Labute approximate surface area is 188 Å². The van der Waals surface area contributed by atoms with Crippen LogP contribution in [0, 0.1) is 0 Å². The first-order valence-electron chi connectivity index (χ1n) is 10.3. The summed E-state index contributed by atoms with van der Waals surface area (Å²) in [6.45, 7) is 8.97. The van der Waals surface area contributed by atoms with Gasteiger partial charge in [-0.25, -0.2) is 0 Å². The lowest BCUT2D eigenvalue weighted by Gasteiger charge is -2.20. The van der Waals surface area contributed by atoms with Crippen LogP contribution < -0.4 is 20.1 Å². The predicted octanol–water partition coefficient (Wildman–Crippen LogP) is 4.32. The fraction of sp³-hybridized carbons (Fsp3) is 0.391. The molecular weight excluding hydrogens is 418 g/mol. The summed E-state index contributed by atoms with van der Waals surface area (Å²) in [4.78, 5) is 26.4. The summed E-state index contributed by atoms with van der Waals surface area (Å²) in [5, 5.41) is 6.13. The van der Waals surface area contributed by atoms with E-state index in [9.17, 15) is 9.59 Å². The van der Waals surface area contributed by atoms with E-state index in [1.165, 1.54) is 0 Å². The molecule has 2 aromatic carbocycles. The summed E-state index contributed by atoms with van der Waals surface area (Å²) in [5.74, 6) is 1.43. The number of nitrogens with zero attached hydrogens (tertiary/aromatic N) is 1. The SMILES string of the molecule is CCOc1ccc(Oc2ccc(Cl)cc2NC(=O)CN(CC)CC(=O)NC(C)C)cc1. The average Bonchev–Trinajstić information content (AvgIpc) is 2.70. The number of hydrogen-bond acceptors (Lipinski definition) is 5. The molecule has 2 rings (SSSR count). The molecule has 0 fully saturated rings. The Kier molecular flexibility index (Phi) is 9.62. The molecule has 0 atom stereocenters. The van der Waals surface area contributed by atoms with Crippen LogP contribution in [0.25, 0.3) is 0 Å². The van der Waals surface area contributed by atoms with Gasteiger partial charge in [-0.15, -0.1) is 0 Å². The highest BCUT2D eigenvalue weighted by atomic mass is 35.5. The van der Waals surface area contributed by atoms with Crippen LogP contribution in [-0.2, 0) is 9.59 Å². The van der Waals surface area contributed by atoms with Crippen LogP contribution >= 0.6 is 11.6 Å². The Morgan fingerprint density at radius 1 is 1.00 bits per heavy atom. The second-order valence-electron chi connectivity index (χ2n) is 7.22. The molecule has 0 saturated heterocycles. The predicted molar refractivity (Wildman–Crippen MR) is 123 cm³/mol. The van der Waals surface area contributed by atoms with Crippen LogP contribution in [0.5, 0.6) is 17.2 Å². The molecule has 0 spiro atoms. The van der Waals surface area contributed by atoms with Crippen molar-refractivity contribution in [1.29, 1.82) is 0 Å². The largest absolute Gasteiger partial charge is 0.494 e. The van der Waals surface area contributed by atoms with Crippen molar-refractivity contribution in [3.63, 3.8) is 0 Å². The summed E-state index contributed by atoms with van der Waals surface area (Å²) in [6.07, 6.45) is 0. The second-order valence-corrected chi connectivity index (χ2v) is 7.66. The third kappa shape index (κ3) is 8.47. The number of carbonyl (C=O) groups is 2. The van der Waals surface area contributed by atoms with Gasteiger partial charge in [0.1, 0.15) is 11.5 Å². The monoisotopic (exact) mass is 447 g/mol. The highest BCUT2D eigenvalue weighted by Gasteiger charge is 2.16. The number of anilines is 1. The van der Waals surface area contributed by atoms with Gasteiger partial charge < -0.3 is 20.1 Å². The first kappa shape index (κ1) is 24.5. The Bertz CT molecular complexity index is 872. The number of halogens is 1. The molecule has 0 bridgehead atoms. The van der Waals surface area contributed by atoms with Crippen molar-refractivity contribution in [2.45, 2.75) is 33.7 Å². The lowest BCUT2D eigenvalue weighted by atomic mass is 10.2. The Morgan fingerprint density at radius 3 is 2.26 bits per heavy atom. The molecule has 0 aliphatic heterocycles. The molecule has 0 aliphatic carbocycles. The van der Waals surface area contributed by atoms with Crippen LogP contribution in [0.1, 0.15) is 27.7 Å². The van der Waals surface area contributed by atoms with Crippen molar-refractivity contribution in [2.24, 2.45) is 0 Å². The summed E-state index contributed by atoms with van der Waals surface area (Å²) < 4.78 is 11.4. The van der Waals surface area contributed by atoms with Gasteiger partial charge in [0.05, 0.1) is 25.4 Å². The van der Waals surface area contributed by atoms with Crippen LogP contribution in [0.3, 0.4) is 0 Å². The van der Waals surface area contributed by atoms with Crippen LogP contribution in [0.15, 0.2) is 42.5 Å². The fourth-order valence-corrected chi connectivity index (χ4v) is 3.00. The second kappa shape index (κ2) is 12.2. The normalized spacial score (nSPS) is 10.8. The van der Waals surface area contributed by atoms with E-state index >= 15 is 0 Å². The number of rotatable bonds is 11. The van der Waals surface area contributed by atoms with Crippen molar-refractivity contribution >= 4 is 29.1 Å². The molecule has 0 aromatic heterocycles. The van der Waals surface area contributed by atoms with Gasteiger partial charge in [0, 0.05) is 11.1 Å². The number of hydrogen-bond donors (Lipinski definition) is 2. The fourth-order valence-electron chi connectivity index (χ4n) is 2.83. The maximum Gasteiger partial charge on any atom is 0.238 e. The standard InChI is InChI=1S/C23H30ClN3O4/c1-5-27(14-22(28)25-16(3)4)15-23(29)26-20-13-17(24)7-12-21(20)31-19-10-8-18(9-11-19)30-6-2/h7-13,16H,5-6,14-15H2,1-4H3,(H,25,28)(H,26,29). The number of nitrogens with one attached hydrogen (secondary N) is 2. The number of amides is 2. The lowest BCUT2D eigenvalue weighted by molar-refractivity contribution is -0.123. The van der Waals surface area contributed by atoms with Crippen LogP contribution in [0.4, 0.5) is 5.69 Å². The molecular formula is C23H30ClN3O4. The molecule has 0 heterocycles. The van der Waals surface area contributed by atoms with Crippen molar-refractivity contribution in [3.8, 4) is 17.2 Å². The molecule has 2 N–H and O–H groups in total. The molecule has 0 unspecified atom stereocenters. The molecule has 0 aliphatic rings. The van der Waals surface area contributed by atoms with Gasteiger partial charge >= 0.3 is 0 Å². The Balaban J connectivity index is 2.05. The molecule has 0 radical (unpaired) electrons. The zero-order valence-corrected chi connectivity index (χ0v) is 19.2. The molecule has 0 saturated carbocycles. The highest BCUT2D eigenvalue weighted by molar-refractivity contribution is 6.31. The molecule has 2 aromatic rings. The molecule has 31 heavy (non-hydrogen) atoms. The van der Waals surface area contributed by atoms with Gasteiger partial charge in [-0.2, -0.15) is 0 Å². The van der Waals surface area contributed by atoms with E-state index in [0.29, 0.717) is 35.4 Å². The minimum atomic E-state index is -0.266. The molecule has 168 valence electrons. The Morgan fingerprint density at radius 2 is 1.65 bits per heavy atom. The van der Waals surface area contributed by atoms with E-state index < -0.39 is 0 Å². The maximum absolute atomic E-state index is 12.6. The van der Waals surface area contributed by atoms with Crippen molar-refractivity contribution in [2.75, 3.05) is 31.6 Å². The van der Waals surface area contributed by atoms with Crippen LogP contribution in [-0.4, -0.2) is 49.0 Å². The number of likely N-dealkylation sites (N-methyl/N-ethyl adjacent to an activating group) is 1. The molecule has 8 heteroatoms. The minimum absolute atomic E-state index is 0.0498. The van der Waals surface area contributed by atoms with E-state index in [0.717, 1.165) is 5.75 Å². The van der Waals surface area contributed by atoms with Gasteiger partial charge in [-0.3, -0.25) is 14.5 Å². The molecule has 2 amide bonds. The number of benzene rings is 2. The van der Waals surface area contributed by atoms with Gasteiger partial charge in [0.15, 0.2) is 5.75 Å². The van der Waals surface area contributed by atoms with E-state index in [1.807, 2.05) is 39.8 Å². The number of carbonyl (C=O) groups excluding carboxylic acids is 2. The summed E-state index contributed by atoms with van der Waals surface area (Å²) in [6, 6.07) is 12.3. The topological polar surface area (TPSA) is 79.9 Å². The van der Waals surface area contributed by atoms with E-state index in [4.69, 9.17) is 21.1 Å². The highest BCUT2D eigenvalue weighted by Crippen LogP contribution is 2.32. The first-order chi connectivity index (χ1) is 14.8. The van der Waals surface area contributed by atoms with Gasteiger partial charge in [0.25, 0.3) is 0 Å². The minimum Gasteiger partial charge on any atom is -0.494 e. The van der Waals surface area contributed by atoms with Gasteiger partial charge in [-0.05, 0) is 69.8 Å². The van der Waals surface area contributed by atoms with Gasteiger partial charge in [-0.1, -0.05) is 18.5 Å². The third-order valence-corrected chi connectivity index (χ3v) is 4.44.